The van der Waals surface area contributed by atoms with Crippen molar-refractivity contribution in [3.8, 4) is 0 Å². The summed E-state index contributed by atoms with van der Waals surface area (Å²) < 4.78 is 10.6. The number of nitrogens with zero attached hydrogens (tertiary/aromatic N) is 2. The van der Waals surface area contributed by atoms with E-state index in [-0.39, 0.29) is 28.7 Å². The third-order valence-corrected chi connectivity index (χ3v) is 5.44. The number of likely N-dealkylation sites (tertiary alicyclic amines) is 1. The van der Waals surface area contributed by atoms with Gasteiger partial charge in [-0.3, -0.25) is 19.8 Å². The van der Waals surface area contributed by atoms with Crippen molar-refractivity contribution < 1.29 is 19.2 Å². The first-order valence-corrected chi connectivity index (χ1v) is 8.11. The second kappa shape index (κ2) is 6.58. The molecule has 2 atom stereocenters. The van der Waals surface area contributed by atoms with Crippen molar-refractivity contribution in [3.63, 3.8) is 0 Å². The van der Waals surface area contributed by atoms with Gasteiger partial charge in [0.15, 0.2) is 6.29 Å². The molecule has 1 saturated carbocycles. The number of hydrogen-bond donors (Lipinski definition) is 0. The summed E-state index contributed by atoms with van der Waals surface area (Å²) in [6.45, 7) is 1.25. The Bertz CT molecular complexity index is 646. The van der Waals surface area contributed by atoms with E-state index in [4.69, 9.17) is 9.47 Å². The van der Waals surface area contributed by atoms with Crippen molar-refractivity contribution in [2.24, 2.45) is 0 Å². The molecule has 1 aromatic carbocycles. The molecule has 3 rings (SSSR count). The zero-order valence-corrected chi connectivity index (χ0v) is 13.9. The fourth-order valence-electron chi connectivity index (χ4n) is 4.33. The van der Waals surface area contributed by atoms with Gasteiger partial charge < -0.3 is 9.47 Å². The number of carbonyl (C=O) groups is 1. The van der Waals surface area contributed by atoms with Crippen LogP contribution in [0.4, 0.5) is 5.69 Å². The van der Waals surface area contributed by atoms with Crippen LogP contribution in [0, 0.1) is 10.1 Å². The Hall–Kier alpha value is -1.83. The number of methoxy groups -OCH3 is 2. The molecule has 130 valence electrons. The fourth-order valence-corrected chi connectivity index (χ4v) is 4.33. The van der Waals surface area contributed by atoms with Gasteiger partial charge in [0.05, 0.1) is 10.3 Å². The van der Waals surface area contributed by atoms with Gasteiger partial charge >= 0.3 is 0 Å². The lowest BCUT2D eigenvalue weighted by molar-refractivity contribution is -0.386. The molecule has 7 nitrogen and oxygen atoms in total. The first-order chi connectivity index (χ1) is 11.5. The molecule has 7 heteroatoms. The Morgan fingerprint density at radius 3 is 2.75 bits per heavy atom. The first kappa shape index (κ1) is 17.0. The van der Waals surface area contributed by atoms with E-state index in [1.807, 2.05) is 0 Å². The molecule has 1 saturated heterocycles. The Morgan fingerprint density at radius 2 is 2.08 bits per heavy atom. The molecule has 0 radical (unpaired) electrons. The number of nitro groups is 1. The van der Waals surface area contributed by atoms with E-state index < -0.39 is 5.41 Å². The smallest absolute Gasteiger partial charge is 0.273 e. The Kier molecular flexibility index (Phi) is 4.67. The fraction of sp³-hybridized carbons (Fsp3) is 0.588. The van der Waals surface area contributed by atoms with Crippen LogP contribution < -0.4 is 0 Å². The molecule has 1 heterocycles. The van der Waals surface area contributed by atoms with Crippen LogP contribution in [0.2, 0.25) is 0 Å². The predicted octanol–water partition coefficient (Wildman–Crippen LogP) is 1.89. The van der Waals surface area contributed by atoms with E-state index in [9.17, 15) is 14.9 Å². The molecule has 24 heavy (non-hydrogen) atoms. The van der Waals surface area contributed by atoms with E-state index in [1.165, 1.54) is 6.07 Å². The van der Waals surface area contributed by atoms with Crippen LogP contribution in [0.1, 0.15) is 24.8 Å². The van der Waals surface area contributed by atoms with Crippen molar-refractivity contribution in [2.45, 2.75) is 37.0 Å². The summed E-state index contributed by atoms with van der Waals surface area (Å²) in [5.74, 6) is 0.107. The summed E-state index contributed by atoms with van der Waals surface area (Å²) in [5, 5.41) is 11.5. The minimum absolute atomic E-state index is 0.0367. The lowest BCUT2D eigenvalue weighted by Crippen LogP contribution is -2.45. The van der Waals surface area contributed by atoms with E-state index in [0.29, 0.717) is 37.9 Å². The van der Waals surface area contributed by atoms with Crippen molar-refractivity contribution in [2.75, 3.05) is 27.3 Å². The van der Waals surface area contributed by atoms with Crippen molar-refractivity contribution in [1.29, 1.82) is 0 Å². The molecule has 0 bridgehead atoms. The van der Waals surface area contributed by atoms with Gasteiger partial charge in [0.1, 0.15) is 5.78 Å². The first-order valence-electron chi connectivity index (χ1n) is 8.11. The summed E-state index contributed by atoms with van der Waals surface area (Å²) in [6.07, 6.45) is 1.40. The third-order valence-electron chi connectivity index (χ3n) is 5.44. The Labute approximate surface area is 140 Å². The number of ketones is 1. The summed E-state index contributed by atoms with van der Waals surface area (Å²) in [4.78, 5) is 26.1. The van der Waals surface area contributed by atoms with Crippen molar-refractivity contribution in [1.82, 2.24) is 4.90 Å². The normalized spacial score (nSPS) is 27.0. The molecule has 2 aliphatic rings. The number of fused-ring (bicyclic) bond motifs is 1. The van der Waals surface area contributed by atoms with Crippen LogP contribution in [0.25, 0.3) is 0 Å². The van der Waals surface area contributed by atoms with Crippen molar-refractivity contribution in [3.05, 3.63) is 39.9 Å². The van der Waals surface area contributed by atoms with E-state index in [0.717, 1.165) is 0 Å². The van der Waals surface area contributed by atoms with Crippen LogP contribution in [0.5, 0.6) is 0 Å². The van der Waals surface area contributed by atoms with Gasteiger partial charge in [0.2, 0.25) is 0 Å². The molecule has 1 aliphatic carbocycles. The van der Waals surface area contributed by atoms with E-state index in [1.54, 1.807) is 32.4 Å². The highest BCUT2D eigenvalue weighted by Gasteiger charge is 2.59. The average molecular weight is 334 g/mol. The van der Waals surface area contributed by atoms with Gasteiger partial charge in [-0.1, -0.05) is 18.2 Å². The Balaban J connectivity index is 1.99. The molecule has 2 fully saturated rings. The van der Waals surface area contributed by atoms with E-state index >= 15 is 0 Å². The highest BCUT2D eigenvalue weighted by atomic mass is 16.7. The van der Waals surface area contributed by atoms with Crippen molar-refractivity contribution >= 4 is 11.5 Å². The second-order valence-corrected chi connectivity index (χ2v) is 6.37. The zero-order chi connectivity index (χ0) is 17.3. The summed E-state index contributed by atoms with van der Waals surface area (Å²) >= 11 is 0. The largest absolute Gasteiger partial charge is 0.355 e. The van der Waals surface area contributed by atoms with Gasteiger partial charge in [0.25, 0.3) is 5.69 Å². The lowest BCUT2D eigenvalue weighted by Gasteiger charge is -2.32. The topological polar surface area (TPSA) is 81.9 Å². The predicted molar refractivity (Wildman–Crippen MR) is 86.8 cm³/mol. The summed E-state index contributed by atoms with van der Waals surface area (Å²) in [5.41, 5.74) is -0.193. The number of para-hydroxylation sites is 1. The van der Waals surface area contributed by atoms with Gasteiger partial charge in [-0.15, -0.1) is 0 Å². The van der Waals surface area contributed by atoms with Crippen LogP contribution in [-0.4, -0.2) is 55.2 Å². The second-order valence-electron chi connectivity index (χ2n) is 6.37. The molecule has 1 aliphatic heterocycles. The maximum Gasteiger partial charge on any atom is 0.273 e. The number of Topliss-reactive ketones (excluding diaryl/α,β-unsaturated/α-hetero) is 1. The van der Waals surface area contributed by atoms with Gasteiger partial charge in [-0.05, 0) is 12.8 Å². The summed E-state index contributed by atoms with van der Waals surface area (Å²) in [7, 11) is 3.17. The number of benzene rings is 1. The molecule has 1 aromatic rings. The maximum atomic E-state index is 12.8. The molecule has 0 aromatic heterocycles. The quantitative estimate of drug-likeness (QED) is 0.449. The number of ether oxygens (including phenoxy) is 2. The third kappa shape index (κ3) is 2.53. The van der Waals surface area contributed by atoms with Crippen LogP contribution >= 0.6 is 0 Å². The highest BCUT2D eigenvalue weighted by molar-refractivity contribution is 5.95. The lowest BCUT2D eigenvalue weighted by atomic mass is 9.74. The molecule has 0 spiro atoms. The highest BCUT2D eigenvalue weighted by Crippen LogP contribution is 2.50. The molecular formula is C17H22N2O5. The van der Waals surface area contributed by atoms with Crippen LogP contribution in [-0.2, 0) is 19.7 Å². The molecule has 0 amide bonds. The Morgan fingerprint density at radius 1 is 1.38 bits per heavy atom. The number of rotatable bonds is 6. The maximum absolute atomic E-state index is 12.8. The number of hydrogen-bond acceptors (Lipinski definition) is 6. The van der Waals surface area contributed by atoms with Gasteiger partial charge in [0, 0.05) is 51.4 Å². The SMILES string of the molecule is COC(CN1CC[C@]2(c3ccccc3[N+](=O)[O-])C(=O)CC[C@H]12)OC. The average Bonchev–Trinajstić information content (AvgIpc) is 3.12. The molecule has 0 unspecified atom stereocenters. The number of nitro benzene ring substituents is 1. The molecule has 0 N–H and O–H groups in total. The minimum Gasteiger partial charge on any atom is -0.355 e. The standard InChI is InChI=1S/C17H22N2O5/c1-23-16(24-2)11-18-10-9-17(14(18)7-8-15(17)20)12-5-3-4-6-13(12)19(21)22/h3-6,14,16H,7-11H2,1-2H3/t14-,17+/m0/s1. The number of carbonyl (C=O) groups excluding carboxylic acids is 1. The van der Waals surface area contributed by atoms with Gasteiger partial charge in [-0.2, -0.15) is 0 Å². The van der Waals surface area contributed by atoms with Gasteiger partial charge in [-0.25, -0.2) is 0 Å². The van der Waals surface area contributed by atoms with Crippen LogP contribution in [0.15, 0.2) is 24.3 Å². The zero-order valence-electron chi connectivity index (χ0n) is 13.9. The molecular weight excluding hydrogens is 312 g/mol. The minimum atomic E-state index is -0.782. The monoisotopic (exact) mass is 334 g/mol. The summed E-state index contributed by atoms with van der Waals surface area (Å²) in [6, 6.07) is 6.60. The van der Waals surface area contributed by atoms with Crippen LogP contribution in [0.3, 0.4) is 0 Å². The van der Waals surface area contributed by atoms with E-state index in [2.05, 4.69) is 4.90 Å².